The molecule has 3 rings (SSSR count). The van der Waals surface area contributed by atoms with Crippen molar-refractivity contribution in [3.63, 3.8) is 0 Å². The van der Waals surface area contributed by atoms with Crippen LogP contribution in [0.3, 0.4) is 0 Å². The van der Waals surface area contributed by atoms with E-state index in [0.717, 1.165) is 43.7 Å². The largest absolute Gasteiger partial charge is 0.370 e. The quantitative estimate of drug-likeness (QED) is 0.898. The highest BCUT2D eigenvalue weighted by Gasteiger charge is 2.26. The number of amides is 1. The SMILES string of the molecule is N[C@@H]1CCC[C@H]1CC(=O)Nc1ccccc1N1CCCCC1. The van der Waals surface area contributed by atoms with E-state index in [1.165, 1.54) is 19.3 Å². The molecule has 4 heteroatoms. The number of benzene rings is 1. The molecular formula is C18H27N3O. The number of anilines is 2. The molecule has 0 spiro atoms. The summed E-state index contributed by atoms with van der Waals surface area (Å²) in [7, 11) is 0. The van der Waals surface area contributed by atoms with E-state index < -0.39 is 0 Å². The first kappa shape index (κ1) is 15.3. The average molecular weight is 301 g/mol. The summed E-state index contributed by atoms with van der Waals surface area (Å²) >= 11 is 0. The predicted molar refractivity (Wildman–Crippen MR) is 91.1 cm³/mol. The fraction of sp³-hybridized carbons (Fsp3) is 0.611. The van der Waals surface area contributed by atoms with E-state index >= 15 is 0 Å². The molecule has 1 aromatic rings. The van der Waals surface area contributed by atoms with Gasteiger partial charge in [-0.2, -0.15) is 0 Å². The first-order valence-electron chi connectivity index (χ1n) is 8.63. The number of rotatable bonds is 4. The van der Waals surface area contributed by atoms with Crippen molar-refractivity contribution in [1.82, 2.24) is 0 Å². The van der Waals surface area contributed by atoms with Gasteiger partial charge in [-0.3, -0.25) is 4.79 Å². The van der Waals surface area contributed by atoms with Crippen LogP contribution in [0.1, 0.15) is 44.9 Å². The van der Waals surface area contributed by atoms with Crippen molar-refractivity contribution in [3.05, 3.63) is 24.3 Å². The molecule has 2 aliphatic rings. The Kier molecular flexibility index (Phi) is 4.98. The van der Waals surface area contributed by atoms with Crippen LogP contribution in [0.25, 0.3) is 0 Å². The second kappa shape index (κ2) is 7.14. The van der Waals surface area contributed by atoms with Crippen molar-refractivity contribution in [1.29, 1.82) is 0 Å². The molecule has 2 fully saturated rings. The van der Waals surface area contributed by atoms with Crippen LogP contribution in [0, 0.1) is 5.92 Å². The van der Waals surface area contributed by atoms with Crippen LogP contribution in [-0.4, -0.2) is 25.0 Å². The molecule has 1 saturated heterocycles. The van der Waals surface area contributed by atoms with Gasteiger partial charge < -0.3 is 16.0 Å². The van der Waals surface area contributed by atoms with Crippen LogP contribution in [0.4, 0.5) is 11.4 Å². The molecule has 1 amide bonds. The van der Waals surface area contributed by atoms with Gasteiger partial charge in [0.25, 0.3) is 0 Å². The third-order valence-electron chi connectivity index (χ3n) is 5.04. The van der Waals surface area contributed by atoms with Crippen LogP contribution in [0.5, 0.6) is 0 Å². The Morgan fingerprint density at radius 1 is 1.14 bits per heavy atom. The molecule has 1 aromatic carbocycles. The first-order chi connectivity index (χ1) is 10.7. The minimum atomic E-state index is 0.104. The lowest BCUT2D eigenvalue weighted by Gasteiger charge is -2.30. The monoisotopic (exact) mass is 301 g/mol. The summed E-state index contributed by atoms with van der Waals surface area (Å²) in [5.41, 5.74) is 8.18. The second-order valence-corrected chi connectivity index (χ2v) is 6.67. The third kappa shape index (κ3) is 3.61. The van der Waals surface area contributed by atoms with Crippen molar-refractivity contribution < 1.29 is 4.79 Å². The number of hydrogen-bond donors (Lipinski definition) is 2. The summed E-state index contributed by atoms with van der Waals surface area (Å²) in [5, 5.41) is 3.12. The molecule has 22 heavy (non-hydrogen) atoms. The van der Waals surface area contributed by atoms with Crippen LogP contribution in [-0.2, 0) is 4.79 Å². The van der Waals surface area contributed by atoms with Crippen molar-refractivity contribution in [3.8, 4) is 0 Å². The summed E-state index contributed by atoms with van der Waals surface area (Å²) < 4.78 is 0. The predicted octanol–water partition coefficient (Wildman–Crippen LogP) is 3.13. The van der Waals surface area contributed by atoms with Gasteiger partial charge in [0, 0.05) is 25.6 Å². The summed E-state index contributed by atoms with van der Waals surface area (Å²) in [4.78, 5) is 14.8. The zero-order valence-corrected chi connectivity index (χ0v) is 13.3. The van der Waals surface area contributed by atoms with Gasteiger partial charge in [0.1, 0.15) is 0 Å². The van der Waals surface area contributed by atoms with Crippen LogP contribution >= 0.6 is 0 Å². The van der Waals surface area contributed by atoms with E-state index in [0.29, 0.717) is 12.3 Å². The zero-order chi connectivity index (χ0) is 15.4. The Morgan fingerprint density at radius 3 is 2.64 bits per heavy atom. The van der Waals surface area contributed by atoms with E-state index in [2.05, 4.69) is 16.3 Å². The Morgan fingerprint density at radius 2 is 1.91 bits per heavy atom. The highest BCUT2D eigenvalue weighted by Crippen LogP contribution is 2.30. The third-order valence-corrected chi connectivity index (χ3v) is 5.04. The molecule has 2 atom stereocenters. The summed E-state index contributed by atoms with van der Waals surface area (Å²) in [6.45, 7) is 2.17. The normalized spacial score (nSPS) is 25.2. The van der Waals surface area contributed by atoms with Crippen molar-refractivity contribution in [2.45, 2.75) is 51.0 Å². The Hall–Kier alpha value is -1.55. The Labute approximate surface area is 133 Å². The summed E-state index contributed by atoms with van der Waals surface area (Å²) in [5.74, 6) is 0.453. The van der Waals surface area contributed by atoms with E-state index in [-0.39, 0.29) is 11.9 Å². The van der Waals surface area contributed by atoms with Gasteiger partial charge in [0.05, 0.1) is 11.4 Å². The van der Waals surface area contributed by atoms with Gasteiger partial charge in [-0.25, -0.2) is 0 Å². The van der Waals surface area contributed by atoms with Gasteiger partial charge >= 0.3 is 0 Å². The minimum absolute atomic E-state index is 0.104. The molecule has 0 radical (unpaired) electrons. The molecule has 0 aromatic heterocycles. The Bertz CT molecular complexity index is 511. The standard InChI is InChI=1S/C18H27N3O/c19-15-8-6-7-14(15)13-18(22)20-16-9-2-3-10-17(16)21-11-4-1-5-12-21/h2-3,9-10,14-15H,1,4-8,11-13,19H2,(H,20,22)/t14-,15+/m0/s1. The number of para-hydroxylation sites is 2. The van der Waals surface area contributed by atoms with Gasteiger partial charge in [0.15, 0.2) is 0 Å². The topological polar surface area (TPSA) is 58.4 Å². The summed E-state index contributed by atoms with van der Waals surface area (Å²) in [6.07, 6.45) is 7.63. The van der Waals surface area contributed by atoms with Gasteiger partial charge in [-0.1, -0.05) is 18.6 Å². The summed E-state index contributed by atoms with van der Waals surface area (Å²) in [6, 6.07) is 8.36. The van der Waals surface area contributed by atoms with Crippen molar-refractivity contribution >= 4 is 17.3 Å². The molecule has 1 aliphatic heterocycles. The molecule has 120 valence electrons. The number of carbonyl (C=O) groups excluding carboxylic acids is 1. The zero-order valence-electron chi connectivity index (χ0n) is 13.3. The van der Waals surface area contributed by atoms with Crippen LogP contribution in [0.15, 0.2) is 24.3 Å². The van der Waals surface area contributed by atoms with Crippen molar-refractivity contribution in [2.24, 2.45) is 11.7 Å². The molecule has 0 bridgehead atoms. The lowest BCUT2D eigenvalue weighted by Crippen LogP contribution is -2.31. The van der Waals surface area contributed by atoms with E-state index in [9.17, 15) is 4.79 Å². The average Bonchev–Trinajstić information content (AvgIpc) is 2.94. The number of nitrogens with one attached hydrogen (secondary N) is 1. The first-order valence-corrected chi connectivity index (χ1v) is 8.63. The van der Waals surface area contributed by atoms with Gasteiger partial charge in [0.2, 0.25) is 5.91 Å². The molecule has 1 aliphatic carbocycles. The lowest BCUT2D eigenvalue weighted by atomic mass is 10.00. The molecule has 3 N–H and O–H groups in total. The van der Waals surface area contributed by atoms with Gasteiger partial charge in [-0.15, -0.1) is 0 Å². The van der Waals surface area contributed by atoms with E-state index in [1.807, 2.05) is 18.2 Å². The second-order valence-electron chi connectivity index (χ2n) is 6.67. The van der Waals surface area contributed by atoms with Crippen LogP contribution < -0.4 is 16.0 Å². The van der Waals surface area contributed by atoms with Crippen molar-refractivity contribution in [2.75, 3.05) is 23.3 Å². The molecule has 1 heterocycles. The molecule has 1 saturated carbocycles. The number of piperidine rings is 1. The van der Waals surface area contributed by atoms with Crippen LogP contribution in [0.2, 0.25) is 0 Å². The maximum absolute atomic E-state index is 12.4. The fourth-order valence-corrected chi connectivity index (χ4v) is 3.75. The minimum Gasteiger partial charge on any atom is -0.370 e. The molecule has 4 nitrogen and oxygen atoms in total. The maximum atomic E-state index is 12.4. The molecule has 0 unspecified atom stereocenters. The fourth-order valence-electron chi connectivity index (χ4n) is 3.75. The number of nitrogens with zero attached hydrogens (tertiary/aromatic N) is 1. The van der Waals surface area contributed by atoms with Gasteiger partial charge in [-0.05, 0) is 50.2 Å². The Balaban J connectivity index is 1.65. The van der Waals surface area contributed by atoms with E-state index in [4.69, 9.17) is 5.73 Å². The number of hydrogen-bond acceptors (Lipinski definition) is 3. The highest BCUT2D eigenvalue weighted by atomic mass is 16.1. The number of carbonyl (C=O) groups is 1. The molecular weight excluding hydrogens is 274 g/mol. The maximum Gasteiger partial charge on any atom is 0.224 e. The van der Waals surface area contributed by atoms with E-state index in [1.54, 1.807) is 0 Å². The lowest BCUT2D eigenvalue weighted by molar-refractivity contribution is -0.117. The highest BCUT2D eigenvalue weighted by molar-refractivity contribution is 5.94. The smallest absolute Gasteiger partial charge is 0.224 e. The number of nitrogens with two attached hydrogens (primary N) is 1.